The number of quaternary nitrogens is 1. The van der Waals surface area contributed by atoms with E-state index in [9.17, 15) is 19.5 Å². The molecule has 0 saturated heterocycles. The van der Waals surface area contributed by atoms with Crippen LogP contribution in [-0.4, -0.2) is 82.3 Å². The first-order chi connectivity index (χ1) is 34.1. The number of carbonyl (C=O) groups excluding carboxylic acids is 3. The molecular formula is C61H117NO8. The number of carboxylic acid groups (broad SMARTS) is 1. The fraction of sp³-hybridized carbons (Fsp3) is 0.918. The molecule has 0 fully saturated rings. The molecule has 9 nitrogen and oxygen atoms in total. The van der Waals surface area contributed by atoms with Gasteiger partial charge in [0.15, 0.2) is 12.4 Å². The zero-order chi connectivity index (χ0) is 51.3. The number of aliphatic carboxylic acids is 1. The summed E-state index contributed by atoms with van der Waals surface area (Å²) in [5, 5.41) is 11.8. The summed E-state index contributed by atoms with van der Waals surface area (Å²) in [5.74, 6) is -2.26. The van der Waals surface area contributed by atoms with E-state index in [-0.39, 0.29) is 32.2 Å². The molecule has 0 aliphatic carbocycles. The Morgan fingerprint density at radius 3 is 1.06 bits per heavy atom. The van der Waals surface area contributed by atoms with Gasteiger partial charge in [0.05, 0.1) is 40.3 Å². The van der Waals surface area contributed by atoms with Crippen molar-refractivity contribution in [1.82, 2.24) is 0 Å². The van der Waals surface area contributed by atoms with Crippen molar-refractivity contribution in [3.8, 4) is 0 Å². The quantitative estimate of drug-likeness (QED) is 0.0195. The van der Waals surface area contributed by atoms with E-state index < -0.39 is 24.3 Å². The van der Waals surface area contributed by atoms with E-state index in [1.54, 1.807) is 0 Å². The number of likely N-dealkylation sites (N-methyl/N-ethyl adjacent to an activating group) is 1. The van der Waals surface area contributed by atoms with E-state index >= 15 is 0 Å². The predicted octanol–water partition coefficient (Wildman–Crippen LogP) is 16.4. The zero-order valence-corrected chi connectivity index (χ0v) is 47.2. The Morgan fingerprint density at radius 1 is 0.414 bits per heavy atom. The number of unbranched alkanes of at least 4 members (excludes halogenated alkanes) is 40. The second kappa shape index (κ2) is 53.3. The second-order valence-corrected chi connectivity index (χ2v) is 22.0. The van der Waals surface area contributed by atoms with Crippen LogP contribution in [0.25, 0.3) is 0 Å². The van der Waals surface area contributed by atoms with E-state index in [0.717, 1.165) is 38.5 Å². The third-order valence-corrected chi connectivity index (χ3v) is 13.8. The second-order valence-electron chi connectivity index (χ2n) is 22.0. The van der Waals surface area contributed by atoms with Crippen molar-refractivity contribution in [3.05, 3.63) is 12.2 Å². The Balaban J connectivity index is 4.14. The molecule has 9 heteroatoms. The van der Waals surface area contributed by atoms with Gasteiger partial charge < -0.3 is 33.3 Å². The lowest BCUT2D eigenvalue weighted by Gasteiger charge is -2.26. The van der Waals surface area contributed by atoms with Gasteiger partial charge in [-0.2, -0.15) is 0 Å². The van der Waals surface area contributed by atoms with Crippen LogP contribution in [0.5, 0.6) is 0 Å². The Bertz CT molecular complexity index is 1150. The molecule has 0 heterocycles. The van der Waals surface area contributed by atoms with Crippen LogP contribution >= 0.6 is 0 Å². The largest absolute Gasteiger partial charge is 0.545 e. The highest BCUT2D eigenvalue weighted by atomic mass is 16.7. The smallest absolute Gasteiger partial charge is 0.306 e. The summed E-state index contributed by atoms with van der Waals surface area (Å²) < 4.78 is 22.7. The van der Waals surface area contributed by atoms with E-state index in [2.05, 4.69) is 26.0 Å². The van der Waals surface area contributed by atoms with Gasteiger partial charge in [0.1, 0.15) is 13.2 Å². The lowest BCUT2D eigenvalue weighted by molar-refractivity contribution is -0.870. The highest BCUT2D eigenvalue weighted by Crippen LogP contribution is 2.18. The number of rotatable bonds is 57. The molecule has 70 heavy (non-hydrogen) atoms. The minimum absolute atomic E-state index is 0.151. The molecule has 0 aliphatic rings. The van der Waals surface area contributed by atoms with Crippen LogP contribution in [-0.2, 0) is 33.3 Å². The van der Waals surface area contributed by atoms with Crippen molar-refractivity contribution in [2.24, 2.45) is 0 Å². The third-order valence-electron chi connectivity index (χ3n) is 13.8. The normalized spacial score (nSPS) is 12.8. The molecule has 0 amide bonds. The van der Waals surface area contributed by atoms with Gasteiger partial charge >= 0.3 is 11.9 Å². The van der Waals surface area contributed by atoms with Gasteiger partial charge in [-0.3, -0.25) is 9.59 Å². The molecule has 0 bridgehead atoms. The van der Waals surface area contributed by atoms with Crippen LogP contribution in [0.4, 0.5) is 0 Å². The molecular weight excluding hydrogens is 875 g/mol. The number of allylic oxidation sites excluding steroid dienone is 2. The maximum Gasteiger partial charge on any atom is 0.306 e. The van der Waals surface area contributed by atoms with Gasteiger partial charge in [-0.1, -0.05) is 264 Å². The first-order valence-electron chi connectivity index (χ1n) is 30.3. The Morgan fingerprint density at radius 2 is 0.729 bits per heavy atom. The number of ether oxygens (including phenoxy) is 4. The molecule has 0 rings (SSSR count). The van der Waals surface area contributed by atoms with Gasteiger partial charge in [0.2, 0.25) is 0 Å². The van der Waals surface area contributed by atoms with Gasteiger partial charge in [-0.25, -0.2) is 0 Å². The summed E-state index contributed by atoms with van der Waals surface area (Å²) in [4.78, 5) is 37.3. The van der Waals surface area contributed by atoms with Crippen molar-refractivity contribution >= 4 is 17.9 Å². The van der Waals surface area contributed by atoms with Crippen molar-refractivity contribution in [3.63, 3.8) is 0 Å². The number of nitrogens with zero attached hydrogens (tertiary/aromatic N) is 1. The van der Waals surface area contributed by atoms with Gasteiger partial charge in [0, 0.05) is 12.8 Å². The van der Waals surface area contributed by atoms with Gasteiger partial charge in [0.25, 0.3) is 0 Å². The SMILES string of the molecule is CCCCCCCC/C=C\CCCCCCCCCCCC(=O)OC(COC(=O)CCCCCCCCCCCCCCCCCCCCCCCCCCCC)COC(OCC[N+](C)(C)C)C(=O)[O-]. The number of carbonyl (C=O) groups is 3. The summed E-state index contributed by atoms with van der Waals surface area (Å²) in [5.41, 5.74) is 0. The lowest BCUT2D eigenvalue weighted by atomic mass is 10.0. The van der Waals surface area contributed by atoms with E-state index in [1.807, 2.05) is 21.1 Å². The molecule has 0 aromatic heterocycles. The maximum atomic E-state index is 12.9. The average molecular weight is 993 g/mol. The summed E-state index contributed by atoms with van der Waals surface area (Å²) in [6.07, 6.45) is 58.4. The zero-order valence-electron chi connectivity index (χ0n) is 47.2. The van der Waals surface area contributed by atoms with Crippen molar-refractivity contribution in [2.45, 2.75) is 315 Å². The molecule has 0 aromatic rings. The van der Waals surface area contributed by atoms with Crippen molar-refractivity contribution in [1.29, 1.82) is 0 Å². The fourth-order valence-electron chi connectivity index (χ4n) is 9.06. The lowest BCUT2D eigenvalue weighted by Crippen LogP contribution is -2.44. The van der Waals surface area contributed by atoms with Gasteiger partial charge in [-0.05, 0) is 38.5 Å². The van der Waals surface area contributed by atoms with Crippen LogP contribution in [0.15, 0.2) is 12.2 Å². The standard InChI is InChI=1S/C61H117NO8/c1-6-8-10-12-14-16-18-20-22-24-26-27-28-29-30-31-32-34-35-37-39-41-43-45-47-49-51-58(63)68-55-57(56-69-61(60(65)66)67-54-53-62(3,4)5)70-59(64)52-50-48-46-44-42-40-38-36-33-25-23-21-19-17-15-13-11-9-7-2/h21,23,57,61H,6-20,22,24-56H2,1-5H3/b23-21-. The third kappa shape index (κ3) is 53.8. The molecule has 0 N–H and O–H groups in total. The van der Waals surface area contributed by atoms with E-state index in [0.29, 0.717) is 23.9 Å². The summed E-state index contributed by atoms with van der Waals surface area (Å²) in [7, 11) is 5.93. The van der Waals surface area contributed by atoms with Crippen LogP contribution in [0.2, 0.25) is 0 Å². The predicted molar refractivity (Wildman–Crippen MR) is 293 cm³/mol. The van der Waals surface area contributed by atoms with E-state index in [4.69, 9.17) is 18.9 Å². The summed E-state index contributed by atoms with van der Waals surface area (Å²) in [6.45, 7) is 4.80. The number of carboxylic acids is 1. The molecule has 2 unspecified atom stereocenters. The topological polar surface area (TPSA) is 111 Å². The van der Waals surface area contributed by atoms with Crippen molar-refractivity contribution in [2.75, 3.05) is 47.5 Å². The molecule has 414 valence electrons. The van der Waals surface area contributed by atoms with Crippen molar-refractivity contribution < 1.29 is 42.9 Å². The minimum atomic E-state index is -1.62. The molecule has 0 aliphatic heterocycles. The van der Waals surface area contributed by atoms with Crippen LogP contribution in [0.1, 0.15) is 303 Å². The first-order valence-corrected chi connectivity index (χ1v) is 30.3. The van der Waals surface area contributed by atoms with E-state index in [1.165, 1.54) is 231 Å². The summed E-state index contributed by atoms with van der Waals surface area (Å²) in [6, 6.07) is 0. The van der Waals surface area contributed by atoms with Crippen LogP contribution in [0.3, 0.4) is 0 Å². The fourth-order valence-corrected chi connectivity index (χ4v) is 9.06. The van der Waals surface area contributed by atoms with Crippen LogP contribution < -0.4 is 5.11 Å². The highest BCUT2D eigenvalue weighted by molar-refractivity contribution is 5.70. The minimum Gasteiger partial charge on any atom is -0.545 e. The maximum absolute atomic E-state index is 12.9. The number of hydrogen-bond donors (Lipinski definition) is 0. The Labute approximate surface area is 434 Å². The van der Waals surface area contributed by atoms with Gasteiger partial charge in [-0.15, -0.1) is 0 Å². The number of hydrogen-bond acceptors (Lipinski definition) is 8. The Hall–Kier alpha value is -1.97. The molecule has 0 radical (unpaired) electrons. The monoisotopic (exact) mass is 992 g/mol. The molecule has 2 atom stereocenters. The number of esters is 2. The first kappa shape index (κ1) is 68.0. The van der Waals surface area contributed by atoms with Crippen LogP contribution in [0, 0.1) is 0 Å². The average Bonchev–Trinajstić information content (AvgIpc) is 3.33. The summed E-state index contributed by atoms with van der Waals surface area (Å²) >= 11 is 0. The molecule has 0 spiro atoms. The highest BCUT2D eigenvalue weighted by Gasteiger charge is 2.22. The Kier molecular flexibility index (Phi) is 51.8. The molecule has 0 aromatic carbocycles. The molecule has 0 saturated carbocycles.